The first-order chi connectivity index (χ1) is 19.1. The number of rotatable bonds is 9. The Morgan fingerprint density at radius 2 is 1.49 bits per heavy atom. The van der Waals surface area contributed by atoms with Crippen molar-refractivity contribution >= 4 is 0 Å². The molecule has 2 atom stereocenters. The highest BCUT2D eigenvalue weighted by atomic mass is 19.2. The molecule has 2 saturated carbocycles. The van der Waals surface area contributed by atoms with E-state index in [9.17, 15) is 8.78 Å². The van der Waals surface area contributed by atoms with Crippen LogP contribution >= 0.6 is 0 Å². The predicted octanol–water partition coefficient (Wildman–Crippen LogP) is 9.87. The van der Waals surface area contributed by atoms with Crippen LogP contribution in [-0.2, 0) is 4.74 Å². The van der Waals surface area contributed by atoms with E-state index >= 15 is 0 Å². The minimum Gasteiger partial charge on any atom is -0.491 e. The van der Waals surface area contributed by atoms with Crippen LogP contribution in [-0.4, -0.2) is 19.3 Å². The second-order valence-electron chi connectivity index (χ2n) is 12.3. The van der Waals surface area contributed by atoms with Crippen molar-refractivity contribution in [2.24, 2.45) is 23.7 Å². The van der Waals surface area contributed by atoms with Crippen LogP contribution in [0.25, 0.3) is 11.1 Å². The van der Waals surface area contributed by atoms with Gasteiger partial charge in [-0.05, 0) is 118 Å². The Morgan fingerprint density at radius 3 is 2.10 bits per heavy atom. The lowest BCUT2D eigenvalue weighted by molar-refractivity contribution is -0.0464. The summed E-state index contributed by atoms with van der Waals surface area (Å²) in [5.41, 5.74) is 2.16. The molecule has 212 valence electrons. The Kier molecular flexibility index (Phi) is 9.76. The predicted molar refractivity (Wildman–Crippen MR) is 155 cm³/mol. The number of hydrogen-bond donors (Lipinski definition) is 0. The molecular formula is C35H46F2O2. The van der Waals surface area contributed by atoms with Gasteiger partial charge in [-0.1, -0.05) is 43.2 Å². The van der Waals surface area contributed by atoms with E-state index in [0.29, 0.717) is 30.1 Å². The fourth-order valence-corrected chi connectivity index (χ4v) is 7.65. The van der Waals surface area contributed by atoms with Crippen LogP contribution < -0.4 is 4.74 Å². The third kappa shape index (κ3) is 6.76. The normalized spacial score (nSPS) is 29.6. The third-order valence-corrected chi connectivity index (χ3v) is 10.0. The highest BCUT2D eigenvalue weighted by molar-refractivity contribution is 5.65. The Hall–Kier alpha value is -2.20. The van der Waals surface area contributed by atoms with E-state index in [2.05, 4.69) is 24.8 Å². The molecule has 0 bridgehead atoms. The number of halogens is 2. The van der Waals surface area contributed by atoms with Crippen molar-refractivity contribution in [3.63, 3.8) is 0 Å². The molecule has 2 aliphatic carbocycles. The Bertz CT molecular complexity index is 1060. The van der Waals surface area contributed by atoms with Crippen molar-refractivity contribution in [3.05, 3.63) is 66.3 Å². The second-order valence-corrected chi connectivity index (χ2v) is 12.3. The van der Waals surface area contributed by atoms with Crippen molar-refractivity contribution in [1.29, 1.82) is 0 Å². The summed E-state index contributed by atoms with van der Waals surface area (Å²) in [5.74, 6) is 2.08. The maximum absolute atomic E-state index is 14.7. The van der Waals surface area contributed by atoms with Crippen LogP contribution in [0.4, 0.5) is 8.78 Å². The van der Waals surface area contributed by atoms with Crippen LogP contribution in [0.1, 0.15) is 95.5 Å². The van der Waals surface area contributed by atoms with Crippen LogP contribution in [0.15, 0.2) is 49.1 Å². The fourth-order valence-electron chi connectivity index (χ4n) is 7.65. The van der Waals surface area contributed by atoms with Gasteiger partial charge in [0.1, 0.15) is 0 Å². The molecule has 2 aromatic carbocycles. The summed E-state index contributed by atoms with van der Waals surface area (Å²) in [7, 11) is 0. The van der Waals surface area contributed by atoms with Crippen molar-refractivity contribution in [1.82, 2.24) is 0 Å². The van der Waals surface area contributed by atoms with Gasteiger partial charge >= 0.3 is 0 Å². The van der Waals surface area contributed by atoms with Gasteiger partial charge in [0, 0.05) is 11.5 Å². The number of benzene rings is 2. The standard InChI is InChI=1S/C35H46F2O2/c1-3-5-6-24-7-9-25(10-8-24)26-13-17-29(18-14-26)32-21-19-30(23-39-32)27-11-15-28(16-12-27)31-20-22-33(38-4-2)35(37)34(31)36/h3,11-12,15-16,20,22,24-26,29-30,32H,1,4-10,13-14,17-19,21,23H2,2H3. The molecule has 0 aromatic heterocycles. The molecule has 2 unspecified atom stereocenters. The van der Waals surface area contributed by atoms with E-state index in [-0.39, 0.29) is 11.3 Å². The van der Waals surface area contributed by atoms with E-state index in [4.69, 9.17) is 9.47 Å². The van der Waals surface area contributed by atoms with Gasteiger partial charge in [-0.3, -0.25) is 0 Å². The summed E-state index contributed by atoms with van der Waals surface area (Å²) in [5, 5.41) is 0. The molecule has 1 aliphatic heterocycles. The van der Waals surface area contributed by atoms with Gasteiger partial charge < -0.3 is 9.47 Å². The Balaban J connectivity index is 1.08. The fraction of sp³-hybridized carbons (Fsp3) is 0.600. The van der Waals surface area contributed by atoms with Crippen LogP contribution in [0.2, 0.25) is 0 Å². The van der Waals surface area contributed by atoms with Crippen molar-refractivity contribution in [2.75, 3.05) is 13.2 Å². The Labute approximate surface area is 234 Å². The molecule has 3 fully saturated rings. The lowest BCUT2D eigenvalue weighted by atomic mass is 9.67. The van der Waals surface area contributed by atoms with Gasteiger partial charge in [0.25, 0.3) is 0 Å². The molecule has 0 spiro atoms. The molecule has 5 rings (SSSR count). The van der Waals surface area contributed by atoms with Crippen LogP contribution in [0, 0.1) is 35.3 Å². The molecule has 39 heavy (non-hydrogen) atoms. The van der Waals surface area contributed by atoms with Gasteiger partial charge in [0.15, 0.2) is 11.6 Å². The van der Waals surface area contributed by atoms with E-state index < -0.39 is 11.6 Å². The topological polar surface area (TPSA) is 18.5 Å². The maximum atomic E-state index is 14.7. The number of hydrogen-bond acceptors (Lipinski definition) is 2. The van der Waals surface area contributed by atoms with Gasteiger partial charge in [-0.25, -0.2) is 4.39 Å². The molecule has 2 nitrogen and oxygen atoms in total. The summed E-state index contributed by atoms with van der Waals surface area (Å²) in [6.45, 7) is 6.70. The molecule has 4 heteroatoms. The number of ether oxygens (including phenoxy) is 2. The Morgan fingerprint density at radius 1 is 0.821 bits per heavy atom. The minimum atomic E-state index is -0.925. The lowest BCUT2D eigenvalue weighted by Crippen LogP contribution is -2.35. The lowest BCUT2D eigenvalue weighted by Gasteiger charge is -2.41. The smallest absolute Gasteiger partial charge is 0.201 e. The van der Waals surface area contributed by atoms with Gasteiger partial charge in [-0.2, -0.15) is 4.39 Å². The molecule has 0 radical (unpaired) electrons. The highest BCUT2D eigenvalue weighted by Gasteiger charge is 2.35. The van der Waals surface area contributed by atoms with Crippen LogP contribution in [0.3, 0.4) is 0 Å². The van der Waals surface area contributed by atoms with E-state index in [1.165, 1.54) is 75.8 Å². The minimum absolute atomic E-state index is 0.0419. The van der Waals surface area contributed by atoms with Crippen molar-refractivity contribution in [3.8, 4) is 16.9 Å². The van der Waals surface area contributed by atoms with Gasteiger partial charge in [0.05, 0.1) is 19.3 Å². The quantitative estimate of drug-likeness (QED) is 0.297. The third-order valence-electron chi connectivity index (χ3n) is 10.0. The zero-order chi connectivity index (χ0) is 27.2. The van der Waals surface area contributed by atoms with Gasteiger partial charge in [-0.15, -0.1) is 6.58 Å². The first kappa shape index (κ1) is 28.3. The zero-order valence-electron chi connectivity index (χ0n) is 23.7. The average molecular weight is 537 g/mol. The van der Waals surface area contributed by atoms with E-state index in [1.54, 1.807) is 13.0 Å². The largest absolute Gasteiger partial charge is 0.491 e. The number of allylic oxidation sites excluding steroid dienone is 1. The molecule has 3 aliphatic rings. The summed E-state index contributed by atoms with van der Waals surface area (Å²) in [6, 6.07) is 11.0. The van der Waals surface area contributed by atoms with Crippen molar-refractivity contribution < 1.29 is 18.3 Å². The maximum Gasteiger partial charge on any atom is 0.201 e. The van der Waals surface area contributed by atoms with Crippen LogP contribution in [0.5, 0.6) is 5.75 Å². The second kappa shape index (κ2) is 13.4. The monoisotopic (exact) mass is 536 g/mol. The molecular weight excluding hydrogens is 490 g/mol. The highest BCUT2D eigenvalue weighted by Crippen LogP contribution is 2.44. The average Bonchev–Trinajstić information content (AvgIpc) is 2.99. The molecule has 1 heterocycles. The zero-order valence-corrected chi connectivity index (χ0v) is 23.7. The molecule has 0 N–H and O–H groups in total. The van der Waals surface area contributed by atoms with Gasteiger partial charge in [0.2, 0.25) is 5.82 Å². The SMILES string of the molecule is C=CCCC1CCC(C2CCC(C3CCC(c4ccc(-c5ccc(OCC)c(F)c5F)cc4)CO3)CC2)CC1. The molecule has 1 saturated heterocycles. The van der Waals surface area contributed by atoms with E-state index in [1.807, 2.05) is 12.1 Å². The summed E-state index contributed by atoms with van der Waals surface area (Å²) >= 11 is 0. The molecule has 2 aromatic rings. The summed E-state index contributed by atoms with van der Waals surface area (Å²) < 4.78 is 40.6. The molecule has 0 amide bonds. The summed E-state index contributed by atoms with van der Waals surface area (Å²) in [6.07, 6.45) is 18.4. The summed E-state index contributed by atoms with van der Waals surface area (Å²) in [4.78, 5) is 0. The van der Waals surface area contributed by atoms with E-state index in [0.717, 1.165) is 37.2 Å². The van der Waals surface area contributed by atoms with Crippen molar-refractivity contribution in [2.45, 2.75) is 96.0 Å². The first-order valence-electron chi connectivity index (χ1n) is 15.5. The first-order valence-corrected chi connectivity index (χ1v) is 15.5.